The van der Waals surface area contributed by atoms with Gasteiger partial charge in [-0.3, -0.25) is 4.79 Å². The average molecular weight is 537 g/mol. The number of fused-ring (bicyclic) bond motifs is 1. The molecule has 0 bridgehead atoms. The predicted molar refractivity (Wildman–Crippen MR) is 141 cm³/mol. The van der Waals surface area contributed by atoms with Crippen LogP contribution >= 0.6 is 0 Å². The Bertz CT molecular complexity index is 1510. The standard InChI is InChI=1S/C28H26F2N4O5/c1-4-27(35)34-8-7-23(19(30)14-34)39-26-11-17-20(13-25(26)37-3)31-15-32-28(17)33-21-10-16(22-6-5-9-38-22)18(29)12-24(21)36-2/h4-6,9-13,15,19,23H,1,7-8,14H2,2-3H3,(H,31,32,33). The number of nitrogens with one attached hydrogen (secondary N) is 1. The van der Waals surface area contributed by atoms with Crippen LogP contribution in [-0.4, -0.2) is 60.4 Å². The number of carbonyl (C=O) groups excluding carboxylic acids is 1. The van der Waals surface area contributed by atoms with Gasteiger partial charge in [0.05, 0.1) is 43.8 Å². The Hall–Kier alpha value is -4.67. The minimum absolute atomic E-state index is 0.0936. The van der Waals surface area contributed by atoms with Crippen LogP contribution in [0.4, 0.5) is 20.3 Å². The number of ether oxygens (including phenoxy) is 3. The van der Waals surface area contributed by atoms with Crippen LogP contribution in [0.25, 0.3) is 22.2 Å². The summed E-state index contributed by atoms with van der Waals surface area (Å²) in [7, 11) is 2.91. The minimum atomic E-state index is -1.41. The van der Waals surface area contributed by atoms with E-state index in [9.17, 15) is 13.6 Å². The van der Waals surface area contributed by atoms with Gasteiger partial charge in [0.25, 0.3) is 0 Å². The molecule has 1 amide bonds. The summed E-state index contributed by atoms with van der Waals surface area (Å²) < 4.78 is 52.1. The monoisotopic (exact) mass is 536 g/mol. The fourth-order valence-corrected chi connectivity index (χ4v) is 4.49. The summed E-state index contributed by atoms with van der Waals surface area (Å²) in [5, 5.41) is 3.74. The molecule has 2 aromatic heterocycles. The van der Waals surface area contributed by atoms with Crippen molar-refractivity contribution in [1.82, 2.24) is 14.9 Å². The Labute approximate surface area is 223 Å². The molecule has 2 atom stereocenters. The molecule has 202 valence electrons. The highest BCUT2D eigenvalue weighted by Gasteiger charge is 2.33. The number of methoxy groups -OCH3 is 2. The van der Waals surface area contributed by atoms with Crippen LogP contribution in [0.3, 0.4) is 0 Å². The highest BCUT2D eigenvalue weighted by Crippen LogP contribution is 2.39. The molecular weight excluding hydrogens is 510 g/mol. The summed E-state index contributed by atoms with van der Waals surface area (Å²) in [6.07, 6.45) is 2.10. The van der Waals surface area contributed by atoms with E-state index in [0.29, 0.717) is 52.6 Å². The Morgan fingerprint density at radius 3 is 2.69 bits per heavy atom. The van der Waals surface area contributed by atoms with E-state index in [1.54, 1.807) is 30.3 Å². The van der Waals surface area contributed by atoms with E-state index in [-0.39, 0.29) is 23.8 Å². The zero-order valence-corrected chi connectivity index (χ0v) is 21.3. The number of hydrogen-bond acceptors (Lipinski definition) is 8. The Kier molecular flexibility index (Phi) is 7.31. The summed E-state index contributed by atoms with van der Waals surface area (Å²) >= 11 is 0. The van der Waals surface area contributed by atoms with E-state index in [1.807, 2.05) is 0 Å². The summed E-state index contributed by atoms with van der Waals surface area (Å²) in [4.78, 5) is 22.0. The highest BCUT2D eigenvalue weighted by molar-refractivity contribution is 5.94. The van der Waals surface area contributed by atoms with E-state index in [1.165, 1.54) is 43.9 Å². The number of rotatable bonds is 8. The first-order valence-corrected chi connectivity index (χ1v) is 12.1. The second-order valence-electron chi connectivity index (χ2n) is 8.83. The predicted octanol–water partition coefficient (Wildman–Crippen LogP) is 5.29. The SMILES string of the molecule is C=CC(=O)N1CCC(Oc2cc3c(Nc4cc(-c5ccco5)c(F)cc4OC)ncnc3cc2OC)C(F)C1. The number of anilines is 2. The van der Waals surface area contributed by atoms with E-state index in [0.717, 1.165) is 0 Å². The number of amides is 1. The second kappa shape index (κ2) is 11.0. The molecule has 0 radical (unpaired) electrons. The molecule has 0 saturated carbocycles. The van der Waals surface area contributed by atoms with Crippen molar-refractivity contribution in [2.45, 2.75) is 18.7 Å². The van der Waals surface area contributed by atoms with Crippen molar-refractivity contribution in [1.29, 1.82) is 0 Å². The first-order chi connectivity index (χ1) is 18.9. The van der Waals surface area contributed by atoms with Crippen molar-refractivity contribution >= 4 is 28.3 Å². The van der Waals surface area contributed by atoms with Crippen molar-refractivity contribution in [3.05, 3.63) is 67.5 Å². The normalized spacial score (nSPS) is 17.1. The number of halogens is 2. The molecule has 9 nitrogen and oxygen atoms in total. The number of likely N-dealkylation sites (tertiary alicyclic amines) is 1. The molecule has 5 rings (SSSR count). The number of hydrogen-bond donors (Lipinski definition) is 1. The van der Waals surface area contributed by atoms with Crippen LogP contribution in [0.5, 0.6) is 17.2 Å². The summed E-state index contributed by atoms with van der Waals surface area (Å²) in [6, 6.07) is 9.47. The number of furan rings is 1. The quantitative estimate of drug-likeness (QED) is 0.303. The molecule has 39 heavy (non-hydrogen) atoms. The molecule has 1 aliphatic rings. The zero-order valence-electron chi connectivity index (χ0n) is 21.3. The third-order valence-electron chi connectivity index (χ3n) is 6.50. The second-order valence-corrected chi connectivity index (χ2v) is 8.83. The van der Waals surface area contributed by atoms with Crippen LogP contribution in [-0.2, 0) is 4.79 Å². The molecule has 4 aromatic rings. The molecule has 1 N–H and O–H groups in total. The largest absolute Gasteiger partial charge is 0.494 e. The van der Waals surface area contributed by atoms with E-state index >= 15 is 0 Å². The van der Waals surface area contributed by atoms with Crippen molar-refractivity contribution in [3.63, 3.8) is 0 Å². The fraction of sp³-hybridized carbons (Fsp3) is 0.250. The van der Waals surface area contributed by atoms with E-state index in [4.69, 9.17) is 18.6 Å². The van der Waals surface area contributed by atoms with Crippen LogP contribution in [0.15, 0.2) is 66.1 Å². The first kappa shape index (κ1) is 26.0. The van der Waals surface area contributed by atoms with Gasteiger partial charge >= 0.3 is 0 Å². The smallest absolute Gasteiger partial charge is 0.246 e. The lowest BCUT2D eigenvalue weighted by Crippen LogP contribution is -2.48. The summed E-state index contributed by atoms with van der Waals surface area (Å²) in [5.74, 6) is 0.810. The maximum absolute atomic E-state index is 15.0. The van der Waals surface area contributed by atoms with Gasteiger partial charge in [-0.15, -0.1) is 0 Å². The maximum Gasteiger partial charge on any atom is 0.246 e. The fourth-order valence-electron chi connectivity index (χ4n) is 4.49. The number of aromatic nitrogens is 2. The Balaban J connectivity index is 1.48. The van der Waals surface area contributed by atoms with Gasteiger partial charge in [0, 0.05) is 30.5 Å². The van der Waals surface area contributed by atoms with Crippen molar-refractivity contribution in [2.24, 2.45) is 0 Å². The molecule has 1 fully saturated rings. The van der Waals surface area contributed by atoms with Gasteiger partial charge in [-0.05, 0) is 30.3 Å². The number of carbonyl (C=O) groups is 1. The highest BCUT2D eigenvalue weighted by atomic mass is 19.1. The molecule has 11 heteroatoms. The number of nitrogens with zero attached hydrogens (tertiary/aromatic N) is 3. The molecule has 0 spiro atoms. The number of alkyl halides is 1. The van der Waals surface area contributed by atoms with Gasteiger partial charge in [-0.1, -0.05) is 6.58 Å². The first-order valence-electron chi connectivity index (χ1n) is 12.1. The molecule has 1 aliphatic heterocycles. The maximum atomic E-state index is 15.0. The molecule has 1 saturated heterocycles. The van der Waals surface area contributed by atoms with Gasteiger partial charge in [0.2, 0.25) is 5.91 Å². The van der Waals surface area contributed by atoms with E-state index in [2.05, 4.69) is 21.9 Å². The van der Waals surface area contributed by atoms with Crippen molar-refractivity contribution < 1.29 is 32.2 Å². The van der Waals surface area contributed by atoms with Gasteiger partial charge in [-0.2, -0.15) is 0 Å². The topological polar surface area (TPSA) is 99.0 Å². The van der Waals surface area contributed by atoms with Crippen molar-refractivity contribution in [2.75, 3.05) is 32.6 Å². The molecule has 2 aromatic carbocycles. The minimum Gasteiger partial charge on any atom is -0.494 e. The van der Waals surface area contributed by atoms with Gasteiger partial charge in [-0.25, -0.2) is 18.7 Å². The molecule has 0 aliphatic carbocycles. The lowest BCUT2D eigenvalue weighted by atomic mass is 10.1. The number of piperidine rings is 1. The van der Waals surface area contributed by atoms with Gasteiger partial charge in [0.15, 0.2) is 17.7 Å². The van der Waals surface area contributed by atoms with Gasteiger partial charge < -0.3 is 28.8 Å². The Morgan fingerprint density at radius 1 is 1.18 bits per heavy atom. The summed E-state index contributed by atoms with van der Waals surface area (Å²) in [6.45, 7) is 3.70. The van der Waals surface area contributed by atoms with Crippen LogP contribution in [0.1, 0.15) is 6.42 Å². The third-order valence-corrected chi connectivity index (χ3v) is 6.50. The number of benzene rings is 2. The van der Waals surface area contributed by atoms with E-state index < -0.39 is 18.1 Å². The van der Waals surface area contributed by atoms with Crippen molar-refractivity contribution in [3.8, 4) is 28.6 Å². The third kappa shape index (κ3) is 5.20. The van der Waals surface area contributed by atoms with Crippen LogP contribution < -0.4 is 19.5 Å². The molecule has 2 unspecified atom stereocenters. The summed E-state index contributed by atoms with van der Waals surface area (Å²) in [5.41, 5.74) is 1.21. The lowest BCUT2D eigenvalue weighted by Gasteiger charge is -2.34. The lowest BCUT2D eigenvalue weighted by molar-refractivity contribution is -0.129. The van der Waals surface area contributed by atoms with Crippen LogP contribution in [0, 0.1) is 5.82 Å². The molecule has 3 heterocycles. The zero-order chi connectivity index (χ0) is 27.5. The molecular formula is C28H26F2N4O5. The van der Waals surface area contributed by atoms with Crippen LogP contribution in [0.2, 0.25) is 0 Å². The van der Waals surface area contributed by atoms with Gasteiger partial charge in [0.1, 0.15) is 35.6 Å². The average Bonchev–Trinajstić information content (AvgIpc) is 3.49. The Morgan fingerprint density at radius 2 is 2.00 bits per heavy atom.